The first-order chi connectivity index (χ1) is 13.8. The summed E-state index contributed by atoms with van der Waals surface area (Å²) in [6.45, 7) is 0.793. The van der Waals surface area contributed by atoms with Crippen LogP contribution in [0.25, 0.3) is 0 Å². The summed E-state index contributed by atoms with van der Waals surface area (Å²) in [7, 11) is -2.01. The molecule has 0 spiro atoms. The van der Waals surface area contributed by atoms with Gasteiger partial charge in [-0.3, -0.25) is 4.79 Å². The SMILES string of the molecule is CN1CCC/C1=N\S(=O)(=O)c1cccc(NC(=O)C2CC2c2ccc(F)cc2)c1. The quantitative estimate of drug-likeness (QED) is 0.812. The summed E-state index contributed by atoms with van der Waals surface area (Å²) in [6, 6.07) is 12.3. The highest BCUT2D eigenvalue weighted by Gasteiger charge is 2.43. The molecule has 2 aliphatic rings. The van der Waals surface area contributed by atoms with Gasteiger partial charge in [0.15, 0.2) is 0 Å². The number of nitrogens with zero attached hydrogens (tertiary/aromatic N) is 2. The van der Waals surface area contributed by atoms with E-state index in [1.54, 1.807) is 24.3 Å². The lowest BCUT2D eigenvalue weighted by Crippen LogP contribution is -2.20. The van der Waals surface area contributed by atoms with E-state index < -0.39 is 10.0 Å². The fraction of sp³-hybridized carbons (Fsp3) is 0.333. The van der Waals surface area contributed by atoms with Gasteiger partial charge in [0.1, 0.15) is 11.7 Å². The second-order valence-corrected chi connectivity index (χ2v) is 9.13. The fourth-order valence-corrected chi connectivity index (χ4v) is 4.77. The molecule has 1 N–H and O–H groups in total. The predicted molar refractivity (Wildman–Crippen MR) is 109 cm³/mol. The van der Waals surface area contributed by atoms with Crippen molar-refractivity contribution in [3.63, 3.8) is 0 Å². The van der Waals surface area contributed by atoms with Crippen LogP contribution in [0.4, 0.5) is 10.1 Å². The van der Waals surface area contributed by atoms with Crippen LogP contribution >= 0.6 is 0 Å². The minimum absolute atomic E-state index is 0.0500. The Kier molecular flexibility index (Phi) is 5.12. The number of anilines is 1. The van der Waals surface area contributed by atoms with Crippen molar-refractivity contribution in [2.45, 2.75) is 30.1 Å². The van der Waals surface area contributed by atoms with Crippen molar-refractivity contribution in [1.82, 2.24) is 4.90 Å². The van der Waals surface area contributed by atoms with Crippen LogP contribution in [-0.2, 0) is 14.8 Å². The molecule has 29 heavy (non-hydrogen) atoms. The summed E-state index contributed by atoms with van der Waals surface area (Å²) in [5.74, 6) is -0.0593. The van der Waals surface area contributed by atoms with Crippen LogP contribution in [0.2, 0.25) is 0 Å². The van der Waals surface area contributed by atoms with Gasteiger partial charge in [-0.25, -0.2) is 4.39 Å². The summed E-state index contributed by atoms with van der Waals surface area (Å²) in [6.07, 6.45) is 2.21. The van der Waals surface area contributed by atoms with Gasteiger partial charge in [-0.1, -0.05) is 18.2 Å². The van der Waals surface area contributed by atoms with Gasteiger partial charge in [-0.15, -0.1) is 4.40 Å². The number of rotatable bonds is 5. The van der Waals surface area contributed by atoms with Crippen LogP contribution in [0.1, 0.15) is 30.7 Å². The van der Waals surface area contributed by atoms with Crippen LogP contribution in [0, 0.1) is 11.7 Å². The van der Waals surface area contributed by atoms with Crippen molar-refractivity contribution in [1.29, 1.82) is 0 Å². The Balaban J connectivity index is 1.45. The van der Waals surface area contributed by atoms with Crippen molar-refractivity contribution >= 4 is 27.5 Å². The van der Waals surface area contributed by atoms with Gasteiger partial charge in [0.25, 0.3) is 10.0 Å². The van der Waals surface area contributed by atoms with E-state index in [0.29, 0.717) is 24.4 Å². The largest absolute Gasteiger partial charge is 0.362 e. The highest BCUT2D eigenvalue weighted by Crippen LogP contribution is 2.48. The first-order valence-corrected chi connectivity index (χ1v) is 11.0. The molecule has 0 bridgehead atoms. The standard InChI is InChI=1S/C21H22FN3O3S/c1-25-11-3-6-20(25)24-29(27,28)17-5-2-4-16(12-17)23-21(26)19-13-18(19)14-7-9-15(22)10-8-14/h2,4-5,7-10,12,18-19H,3,6,11,13H2,1H3,(H,23,26)/b24-20+. The van der Waals surface area contributed by atoms with E-state index >= 15 is 0 Å². The summed E-state index contributed by atoms with van der Waals surface area (Å²) >= 11 is 0. The molecule has 2 aromatic carbocycles. The molecule has 1 saturated heterocycles. The van der Waals surface area contributed by atoms with Crippen molar-refractivity contribution in [3.8, 4) is 0 Å². The third-order valence-corrected chi connectivity index (χ3v) is 6.69. The van der Waals surface area contributed by atoms with Gasteiger partial charge in [0.2, 0.25) is 5.91 Å². The average Bonchev–Trinajstić information content (AvgIpc) is 3.40. The number of likely N-dealkylation sites (tertiary alicyclic amines) is 1. The van der Waals surface area contributed by atoms with E-state index in [2.05, 4.69) is 9.71 Å². The highest BCUT2D eigenvalue weighted by molar-refractivity contribution is 7.90. The molecule has 1 saturated carbocycles. The van der Waals surface area contributed by atoms with Gasteiger partial charge in [-0.2, -0.15) is 8.42 Å². The van der Waals surface area contributed by atoms with Crippen molar-refractivity contribution < 1.29 is 17.6 Å². The smallest absolute Gasteiger partial charge is 0.284 e. The molecule has 1 heterocycles. The second-order valence-electron chi connectivity index (χ2n) is 7.53. The monoisotopic (exact) mass is 415 g/mol. The lowest BCUT2D eigenvalue weighted by molar-refractivity contribution is -0.117. The first-order valence-electron chi connectivity index (χ1n) is 9.55. The Bertz CT molecular complexity index is 1070. The maximum atomic E-state index is 13.1. The average molecular weight is 415 g/mol. The van der Waals surface area contributed by atoms with Gasteiger partial charge in [0.05, 0.1) is 4.90 Å². The third kappa shape index (κ3) is 4.32. The highest BCUT2D eigenvalue weighted by atomic mass is 32.2. The number of amidine groups is 1. The molecular formula is C21H22FN3O3S. The van der Waals surface area contributed by atoms with Crippen LogP contribution in [-0.4, -0.2) is 38.7 Å². The zero-order valence-corrected chi connectivity index (χ0v) is 16.8. The first kappa shape index (κ1) is 19.6. The van der Waals surface area contributed by atoms with E-state index in [1.165, 1.54) is 24.3 Å². The van der Waals surface area contributed by atoms with Gasteiger partial charge >= 0.3 is 0 Å². The number of hydrogen-bond acceptors (Lipinski definition) is 3. The van der Waals surface area contributed by atoms with Crippen LogP contribution < -0.4 is 5.32 Å². The molecule has 2 aromatic rings. The molecular weight excluding hydrogens is 393 g/mol. The van der Waals surface area contributed by atoms with Crippen LogP contribution in [0.5, 0.6) is 0 Å². The van der Waals surface area contributed by atoms with Crippen molar-refractivity contribution in [2.75, 3.05) is 18.9 Å². The Morgan fingerprint density at radius 3 is 2.66 bits per heavy atom. The molecule has 4 rings (SSSR count). The molecule has 8 heteroatoms. The predicted octanol–water partition coefficient (Wildman–Crippen LogP) is 3.38. The molecule has 2 fully saturated rings. The van der Waals surface area contributed by atoms with Crippen molar-refractivity contribution in [3.05, 3.63) is 59.9 Å². The number of halogens is 1. The van der Waals surface area contributed by atoms with E-state index in [9.17, 15) is 17.6 Å². The third-order valence-electron chi connectivity index (χ3n) is 5.38. The Labute approximate surface area is 169 Å². The zero-order valence-electron chi connectivity index (χ0n) is 16.0. The van der Waals surface area contributed by atoms with Gasteiger partial charge < -0.3 is 10.2 Å². The molecule has 1 aliphatic carbocycles. The Morgan fingerprint density at radius 2 is 1.97 bits per heavy atom. The molecule has 2 unspecified atom stereocenters. The maximum Gasteiger partial charge on any atom is 0.284 e. The number of carbonyl (C=O) groups excluding carboxylic acids is 1. The molecule has 1 aliphatic heterocycles. The fourth-order valence-electron chi connectivity index (χ4n) is 3.63. The normalized spacial score (nSPS) is 22.7. The molecule has 2 atom stereocenters. The summed E-state index contributed by atoms with van der Waals surface area (Å²) < 4.78 is 42.3. The topological polar surface area (TPSA) is 78.8 Å². The van der Waals surface area contributed by atoms with Gasteiger partial charge in [0, 0.05) is 31.6 Å². The van der Waals surface area contributed by atoms with E-state index in [1.807, 2.05) is 11.9 Å². The number of nitrogens with one attached hydrogen (secondary N) is 1. The Morgan fingerprint density at radius 1 is 1.21 bits per heavy atom. The zero-order chi connectivity index (χ0) is 20.6. The summed E-state index contributed by atoms with van der Waals surface area (Å²) in [5.41, 5.74) is 1.35. The lowest BCUT2D eigenvalue weighted by atomic mass is 10.1. The molecule has 0 radical (unpaired) electrons. The molecule has 0 aromatic heterocycles. The van der Waals surface area contributed by atoms with E-state index in [-0.39, 0.29) is 28.5 Å². The maximum absolute atomic E-state index is 13.1. The van der Waals surface area contributed by atoms with Crippen LogP contribution in [0.3, 0.4) is 0 Å². The van der Waals surface area contributed by atoms with Gasteiger partial charge in [-0.05, 0) is 54.7 Å². The molecule has 152 valence electrons. The van der Waals surface area contributed by atoms with Crippen LogP contribution in [0.15, 0.2) is 57.8 Å². The number of carbonyl (C=O) groups is 1. The number of sulfonamides is 1. The van der Waals surface area contributed by atoms with E-state index in [0.717, 1.165) is 18.5 Å². The minimum atomic E-state index is -3.84. The number of hydrogen-bond donors (Lipinski definition) is 1. The summed E-state index contributed by atoms with van der Waals surface area (Å²) in [4.78, 5) is 14.4. The second kappa shape index (κ2) is 7.59. The van der Waals surface area contributed by atoms with Crippen molar-refractivity contribution in [2.24, 2.45) is 10.3 Å². The molecule has 1 amide bonds. The minimum Gasteiger partial charge on any atom is -0.362 e. The Hall–Kier alpha value is -2.74. The van der Waals surface area contributed by atoms with E-state index in [4.69, 9.17) is 0 Å². The molecule has 6 nitrogen and oxygen atoms in total. The summed E-state index contributed by atoms with van der Waals surface area (Å²) in [5, 5.41) is 2.79. The number of benzene rings is 2. The number of amides is 1. The lowest BCUT2D eigenvalue weighted by Gasteiger charge is -2.11.